The van der Waals surface area contributed by atoms with Crippen LogP contribution in [0.2, 0.25) is 5.15 Å². The minimum Gasteiger partial charge on any atom is -0.396 e. The number of carbonyl (C=O) groups is 1. The van der Waals surface area contributed by atoms with Crippen molar-refractivity contribution in [3.63, 3.8) is 0 Å². The Morgan fingerprint density at radius 3 is 2.71 bits per heavy atom. The molecular weight excluding hydrogens is 290 g/mol. The van der Waals surface area contributed by atoms with E-state index in [9.17, 15) is 9.90 Å². The van der Waals surface area contributed by atoms with Crippen LogP contribution in [0.5, 0.6) is 0 Å². The van der Waals surface area contributed by atoms with Gasteiger partial charge in [-0.3, -0.25) is 0 Å². The van der Waals surface area contributed by atoms with E-state index in [1.807, 2.05) is 11.0 Å². The first-order valence-electron chi connectivity index (χ1n) is 7.32. The maximum Gasteiger partial charge on any atom is 0.317 e. The molecular formula is C15H22ClN3O2. The van der Waals surface area contributed by atoms with Gasteiger partial charge in [0.1, 0.15) is 5.15 Å². The molecule has 6 heteroatoms. The standard InChI is InChI=1S/C15H22ClN3O2/c1-2-15(11-20)5-7-19(8-6-15)14(21)18-10-12-3-4-13(16)17-9-12/h3-4,9,20H,2,5-8,10-11H2,1H3,(H,18,21). The Bertz CT molecular complexity index is 464. The van der Waals surface area contributed by atoms with Crippen LogP contribution in [-0.2, 0) is 6.54 Å². The molecule has 0 unspecified atom stereocenters. The van der Waals surface area contributed by atoms with Gasteiger partial charge >= 0.3 is 6.03 Å². The molecule has 21 heavy (non-hydrogen) atoms. The Labute approximate surface area is 130 Å². The van der Waals surface area contributed by atoms with Crippen molar-refractivity contribution < 1.29 is 9.90 Å². The molecule has 0 atom stereocenters. The molecule has 0 bridgehead atoms. The summed E-state index contributed by atoms with van der Waals surface area (Å²) in [6, 6.07) is 3.49. The molecule has 0 aliphatic carbocycles. The van der Waals surface area contributed by atoms with Crippen molar-refractivity contribution in [2.24, 2.45) is 5.41 Å². The lowest BCUT2D eigenvalue weighted by Gasteiger charge is -2.40. The summed E-state index contributed by atoms with van der Waals surface area (Å²) in [7, 11) is 0. The lowest BCUT2D eigenvalue weighted by molar-refractivity contribution is 0.0519. The lowest BCUT2D eigenvalue weighted by Crippen LogP contribution is -2.48. The number of aliphatic hydroxyl groups excluding tert-OH is 1. The second kappa shape index (κ2) is 7.09. The van der Waals surface area contributed by atoms with Gasteiger partial charge in [0, 0.05) is 32.4 Å². The molecule has 1 aromatic rings. The Hall–Kier alpha value is -1.33. The Morgan fingerprint density at radius 1 is 1.48 bits per heavy atom. The van der Waals surface area contributed by atoms with Gasteiger partial charge in [-0.15, -0.1) is 0 Å². The molecule has 1 aliphatic heterocycles. The molecule has 1 fully saturated rings. The normalized spacial score (nSPS) is 17.6. The Balaban J connectivity index is 1.81. The minimum atomic E-state index is -0.0624. The van der Waals surface area contributed by atoms with E-state index in [-0.39, 0.29) is 18.1 Å². The Kier molecular flexibility index (Phi) is 5.42. The second-order valence-corrected chi connectivity index (χ2v) is 6.03. The molecule has 116 valence electrons. The van der Waals surface area contributed by atoms with Crippen LogP contribution < -0.4 is 5.32 Å². The number of rotatable bonds is 4. The first-order valence-corrected chi connectivity index (χ1v) is 7.70. The van der Waals surface area contributed by atoms with Gasteiger partial charge in [-0.25, -0.2) is 9.78 Å². The van der Waals surface area contributed by atoms with Gasteiger partial charge in [-0.2, -0.15) is 0 Å². The molecule has 2 rings (SSSR count). The van der Waals surface area contributed by atoms with Crippen LogP contribution in [0.4, 0.5) is 4.79 Å². The number of nitrogens with one attached hydrogen (secondary N) is 1. The van der Waals surface area contributed by atoms with Gasteiger partial charge in [-0.05, 0) is 36.3 Å². The number of hydrogen-bond donors (Lipinski definition) is 2. The van der Waals surface area contributed by atoms with Crippen LogP contribution >= 0.6 is 11.6 Å². The summed E-state index contributed by atoms with van der Waals surface area (Å²) in [5.74, 6) is 0. The van der Waals surface area contributed by atoms with Crippen LogP contribution in [0.15, 0.2) is 18.3 Å². The SMILES string of the molecule is CCC1(CO)CCN(C(=O)NCc2ccc(Cl)nc2)CC1. The number of urea groups is 1. The predicted octanol–water partition coefficient (Wildman–Crippen LogP) is 2.43. The number of piperidine rings is 1. The second-order valence-electron chi connectivity index (χ2n) is 5.65. The molecule has 0 spiro atoms. The van der Waals surface area contributed by atoms with Crippen molar-refractivity contribution in [3.05, 3.63) is 29.0 Å². The zero-order valence-corrected chi connectivity index (χ0v) is 13.1. The van der Waals surface area contributed by atoms with Crippen LogP contribution in [-0.4, -0.2) is 40.7 Å². The zero-order chi connectivity index (χ0) is 15.3. The number of pyridine rings is 1. The third-order valence-corrected chi connectivity index (χ3v) is 4.65. The molecule has 0 saturated carbocycles. The number of likely N-dealkylation sites (tertiary alicyclic amines) is 1. The van der Waals surface area contributed by atoms with Crippen LogP contribution in [0.25, 0.3) is 0 Å². The third kappa shape index (κ3) is 4.08. The fraction of sp³-hybridized carbons (Fsp3) is 0.600. The van der Waals surface area contributed by atoms with E-state index in [1.165, 1.54) is 0 Å². The van der Waals surface area contributed by atoms with Gasteiger partial charge in [0.15, 0.2) is 0 Å². The maximum atomic E-state index is 12.1. The predicted molar refractivity (Wildman–Crippen MR) is 82.1 cm³/mol. The van der Waals surface area contributed by atoms with Gasteiger partial charge < -0.3 is 15.3 Å². The molecule has 0 aromatic carbocycles. The van der Waals surface area contributed by atoms with Crippen molar-refractivity contribution >= 4 is 17.6 Å². The summed E-state index contributed by atoms with van der Waals surface area (Å²) in [6.45, 7) is 4.13. The highest BCUT2D eigenvalue weighted by Crippen LogP contribution is 2.34. The number of amides is 2. The highest BCUT2D eigenvalue weighted by molar-refractivity contribution is 6.29. The van der Waals surface area contributed by atoms with Gasteiger partial charge in [0.25, 0.3) is 0 Å². The van der Waals surface area contributed by atoms with Gasteiger partial charge in [0.05, 0.1) is 0 Å². The largest absolute Gasteiger partial charge is 0.396 e. The smallest absolute Gasteiger partial charge is 0.317 e. The van der Waals surface area contributed by atoms with Crippen LogP contribution in [0.1, 0.15) is 31.7 Å². The van der Waals surface area contributed by atoms with Gasteiger partial charge in [0.2, 0.25) is 0 Å². The molecule has 0 radical (unpaired) electrons. The van der Waals surface area contributed by atoms with E-state index in [4.69, 9.17) is 11.6 Å². The number of halogens is 1. The van der Waals surface area contributed by atoms with Crippen LogP contribution in [0.3, 0.4) is 0 Å². The molecule has 1 aromatic heterocycles. The minimum absolute atomic E-state index is 0.00310. The fourth-order valence-corrected chi connectivity index (χ4v) is 2.72. The van der Waals surface area contributed by atoms with E-state index in [2.05, 4.69) is 17.2 Å². The molecule has 2 heterocycles. The maximum absolute atomic E-state index is 12.1. The topological polar surface area (TPSA) is 65.5 Å². The summed E-state index contributed by atoms with van der Waals surface area (Å²) in [5.41, 5.74) is 0.916. The van der Waals surface area contributed by atoms with Crippen molar-refractivity contribution in [2.45, 2.75) is 32.7 Å². The van der Waals surface area contributed by atoms with E-state index in [1.54, 1.807) is 12.3 Å². The van der Waals surface area contributed by atoms with E-state index >= 15 is 0 Å². The first kappa shape index (κ1) is 16.0. The summed E-state index contributed by atoms with van der Waals surface area (Å²) in [5, 5.41) is 12.8. The number of carbonyl (C=O) groups excluding carboxylic acids is 1. The summed E-state index contributed by atoms with van der Waals surface area (Å²) in [4.78, 5) is 17.9. The summed E-state index contributed by atoms with van der Waals surface area (Å²) in [6.07, 6.45) is 4.33. The average Bonchev–Trinajstić information content (AvgIpc) is 2.54. The van der Waals surface area contributed by atoms with Crippen molar-refractivity contribution in [1.82, 2.24) is 15.2 Å². The average molecular weight is 312 g/mol. The number of nitrogens with zero attached hydrogens (tertiary/aromatic N) is 2. The van der Waals surface area contributed by atoms with E-state index in [0.717, 1.165) is 24.8 Å². The van der Waals surface area contributed by atoms with Crippen molar-refractivity contribution in [2.75, 3.05) is 19.7 Å². The lowest BCUT2D eigenvalue weighted by atomic mass is 9.77. The monoisotopic (exact) mass is 311 g/mol. The highest BCUT2D eigenvalue weighted by Gasteiger charge is 2.33. The summed E-state index contributed by atoms with van der Waals surface area (Å²) >= 11 is 5.72. The molecule has 1 aliphatic rings. The van der Waals surface area contributed by atoms with Crippen molar-refractivity contribution in [3.8, 4) is 0 Å². The summed E-state index contributed by atoms with van der Waals surface area (Å²) < 4.78 is 0. The zero-order valence-electron chi connectivity index (χ0n) is 12.3. The first-order chi connectivity index (χ1) is 10.1. The van der Waals surface area contributed by atoms with Crippen LogP contribution in [0, 0.1) is 5.41 Å². The Morgan fingerprint density at radius 2 is 2.19 bits per heavy atom. The fourth-order valence-electron chi connectivity index (χ4n) is 2.61. The van der Waals surface area contributed by atoms with E-state index in [0.29, 0.717) is 24.8 Å². The molecule has 2 N–H and O–H groups in total. The highest BCUT2D eigenvalue weighted by atomic mass is 35.5. The number of hydrogen-bond acceptors (Lipinski definition) is 3. The quantitative estimate of drug-likeness (QED) is 0.839. The number of aromatic nitrogens is 1. The molecule has 5 nitrogen and oxygen atoms in total. The number of aliphatic hydroxyl groups is 1. The third-order valence-electron chi connectivity index (χ3n) is 4.43. The van der Waals surface area contributed by atoms with Gasteiger partial charge in [-0.1, -0.05) is 24.6 Å². The molecule has 1 saturated heterocycles. The van der Waals surface area contributed by atoms with E-state index < -0.39 is 0 Å². The molecule has 2 amide bonds. The van der Waals surface area contributed by atoms with Crippen molar-refractivity contribution in [1.29, 1.82) is 0 Å².